The summed E-state index contributed by atoms with van der Waals surface area (Å²) in [6.45, 7) is 0.372. The number of nitrogens with one attached hydrogen (secondary N) is 1. The summed E-state index contributed by atoms with van der Waals surface area (Å²) < 4.78 is 5.09. The molecule has 7 heteroatoms. The van der Waals surface area contributed by atoms with Crippen molar-refractivity contribution in [1.29, 1.82) is 0 Å². The molecule has 0 aliphatic carbocycles. The molecule has 1 aromatic rings. The van der Waals surface area contributed by atoms with E-state index in [1.807, 2.05) is 18.2 Å². The molecular formula is C13H14ClNO4S. The third-order valence-corrected chi connectivity index (χ3v) is 4.45. The smallest absolute Gasteiger partial charge is 0.311 e. The van der Waals surface area contributed by atoms with Crippen LogP contribution in [0.3, 0.4) is 0 Å². The van der Waals surface area contributed by atoms with Crippen LogP contribution in [0.2, 0.25) is 5.02 Å². The molecule has 1 amide bonds. The molecule has 0 saturated carbocycles. The zero-order valence-corrected chi connectivity index (χ0v) is 12.1. The Hall–Kier alpha value is -1.24. The molecule has 1 saturated heterocycles. The number of amides is 1. The molecule has 2 unspecified atom stereocenters. The van der Waals surface area contributed by atoms with Gasteiger partial charge in [-0.05, 0) is 12.1 Å². The first-order chi connectivity index (χ1) is 9.58. The Bertz CT molecular complexity index is 511. The largest absolute Gasteiger partial charge is 0.481 e. The Kier molecular flexibility index (Phi) is 5.28. The fourth-order valence-corrected chi connectivity index (χ4v) is 2.94. The molecule has 2 N–H and O–H groups in total. The first-order valence-electron chi connectivity index (χ1n) is 6.05. The lowest BCUT2D eigenvalue weighted by Gasteiger charge is -2.15. The second-order valence-corrected chi connectivity index (χ2v) is 5.80. The molecule has 0 bridgehead atoms. The van der Waals surface area contributed by atoms with Crippen LogP contribution in [0, 0.1) is 5.92 Å². The highest BCUT2D eigenvalue weighted by Crippen LogP contribution is 2.26. The molecule has 108 valence electrons. The van der Waals surface area contributed by atoms with E-state index in [9.17, 15) is 9.59 Å². The highest BCUT2D eigenvalue weighted by Gasteiger charge is 2.34. The van der Waals surface area contributed by atoms with Gasteiger partial charge in [-0.1, -0.05) is 23.7 Å². The SMILES string of the molecule is O=C(CSc1ccccc1Cl)NC1COCC1C(=O)O. The fraction of sp³-hybridized carbons (Fsp3) is 0.385. The maximum absolute atomic E-state index is 11.8. The summed E-state index contributed by atoms with van der Waals surface area (Å²) in [7, 11) is 0. The van der Waals surface area contributed by atoms with Crippen LogP contribution in [-0.4, -0.2) is 42.0 Å². The van der Waals surface area contributed by atoms with E-state index >= 15 is 0 Å². The lowest BCUT2D eigenvalue weighted by atomic mass is 10.0. The maximum Gasteiger partial charge on any atom is 0.311 e. The fourth-order valence-electron chi connectivity index (χ4n) is 1.89. The summed E-state index contributed by atoms with van der Waals surface area (Å²) >= 11 is 7.31. The summed E-state index contributed by atoms with van der Waals surface area (Å²) in [6, 6.07) is 6.79. The van der Waals surface area contributed by atoms with Gasteiger partial charge in [-0.2, -0.15) is 0 Å². The Morgan fingerprint density at radius 1 is 1.40 bits per heavy atom. The number of thioether (sulfide) groups is 1. The van der Waals surface area contributed by atoms with Gasteiger partial charge in [-0.25, -0.2) is 0 Å². The van der Waals surface area contributed by atoms with Gasteiger partial charge in [-0.3, -0.25) is 9.59 Å². The van der Waals surface area contributed by atoms with Crippen LogP contribution >= 0.6 is 23.4 Å². The highest BCUT2D eigenvalue weighted by atomic mass is 35.5. The van der Waals surface area contributed by atoms with Gasteiger partial charge in [0.25, 0.3) is 0 Å². The van der Waals surface area contributed by atoms with Gasteiger partial charge in [0.15, 0.2) is 0 Å². The number of rotatable bonds is 5. The molecule has 1 fully saturated rings. The molecule has 1 aliphatic rings. The van der Waals surface area contributed by atoms with E-state index < -0.39 is 17.9 Å². The van der Waals surface area contributed by atoms with Crippen LogP contribution in [0.1, 0.15) is 0 Å². The number of benzene rings is 1. The monoisotopic (exact) mass is 315 g/mol. The van der Waals surface area contributed by atoms with E-state index in [1.54, 1.807) is 6.07 Å². The zero-order chi connectivity index (χ0) is 14.5. The third-order valence-electron chi connectivity index (χ3n) is 2.94. The number of carboxylic acids is 1. The minimum absolute atomic E-state index is 0.137. The molecule has 20 heavy (non-hydrogen) atoms. The van der Waals surface area contributed by atoms with Gasteiger partial charge in [0.2, 0.25) is 5.91 Å². The Morgan fingerprint density at radius 2 is 2.15 bits per heavy atom. The molecular weight excluding hydrogens is 302 g/mol. The quantitative estimate of drug-likeness (QED) is 0.808. The van der Waals surface area contributed by atoms with E-state index in [4.69, 9.17) is 21.4 Å². The van der Waals surface area contributed by atoms with Crippen LogP contribution in [0.5, 0.6) is 0 Å². The Balaban J connectivity index is 1.84. The second-order valence-electron chi connectivity index (χ2n) is 4.38. The van der Waals surface area contributed by atoms with Crippen LogP contribution in [-0.2, 0) is 14.3 Å². The van der Waals surface area contributed by atoms with E-state index in [-0.39, 0.29) is 24.9 Å². The average molecular weight is 316 g/mol. The maximum atomic E-state index is 11.8. The van der Waals surface area contributed by atoms with E-state index in [0.717, 1.165) is 4.90 Å². The van der Waals surface area contributed by atoms with Crippen molar-refractivity contribution in [2.45, 2.75) is 10.9 Å². The number of hydrogen-bond acceptors (Lipinski definition) is 4. The normalized spacial score (nSPS) is 21.6. The number of carboxylic acid groups (broad SMARTS) is 1. The standard InChI is InChI=1S/C13H14ClNO4S/c14-9-3-1-2-4-11(9)20-7-12(16)15-10-6-19-5-8(10)13(17)18/h1-4,8,10H,5-7H2,(H,15,16)(H,17,18). The van der Waals surface area contributed by atoms with Gasteiger partial charge < -0.3 is 15.2 Å². The summed E-state index contributed by atoms with van der Waals surface area (Å²) in [6.07, 6.45) is 0. The Morgan fingerprint density at radius 3 is 2.85 bits per heavy atom. The summed E-state index contributed by atoms with van der Waals surface area (Å²) in [4.78, 5) is 23.6. The van der Waals surface area contributed by atoms with Crippen LogP contribution in [0.4, 0.5) is 0 Å². The van der Waals surface area contributed by atoms with Crippen LogP contribution < -0.4 is 5.32 Å². The number of halogens is 1. The van der Waals surface area contributed by atoms with Crippen molar-refractivity contribution < 1.29 is 19.4 Å². The molecule has 0 aromatic heterocycles. The molecule has 1 heterocycles. The van der Waals surface area contributed by atoms with E-state index in [2.05, 4.69) is 5.32 Å². The van der Waals surface area contributed by atoms with Crippen molar-refractivity contribution in [3.05, 3.63) is 29.3 Å². The highest BCUT2D eigenvalue weighted by molar-refractivity contribution is 8.00. The lowest BCUT2D eigenvalue weighted by Crippen LogP contribution is -2.43. The van der Waals surface area contributed by atoms with Crippen molar-refractivity contribution in [2.24, 2.45) is 5.92 Å². The van der Waals surface area contributed by atoms with Gasteiger partial charge in [-0.15, -0.1) is 11.8 Å². The number of hydrogen-bond donors (Lipinski definition) is 2. The molecule has 0 radical (unpaired) electrons. The van der Waals surface area contributed by atoms with Crippen molar-refractivity contribution in [3.8, 4) is 0 Å². The molecule has 1 aromatic carbocycles. The Labute approximate surface area is 125 Å². The number of ether oxygens (including phenoxy) is 1. The lowest BCUT2D eigenvalue weighted by molar-refractivity contribution is -0.142. The van der Waals surface area contributed by atoms with Crippen molar-refractivity contribution in [1.82, 2.24) is 5.32 Å². The number of carbonyl (C=O) groups is 2. The first kappa shape index (κ1) is 15.2. The minimum atomic E-state index is -0.952. The van der Waals surface area contributed by atoms with Gasteiger partial charge in [0.05, 0.1) is 30.0 Å². The molecule has 5 nitrogen and oxygen atoms in total. The summed E-state index contributed by atoms with van der Waals surface area (Å²) in [5.74, 6) is -1.67. The number of carbonyl (C=O) groups excluding carboxylic acids is 1. The molecule has 1 aliphatic heterocycles. The average Bonchev–Trinajstić information content (AvgIpc) is 2.86. The van der Waals surface area contributed by atoms with Crippen molar-refractivity contribution in [2.75, 3.05) is 19.0 Å². The third kappa shape index (κ3) is 3.88. The topological polar surface area (TPSA) is 75.6 Å². The summed E-state index contributed by atoms with van der Waals surface area (Å²) in [5.41, 5.74) is 0. The molecule has 0 spiro atoms. The van der Waals surface area contributed by atoms with E-state index in [0.29, 0.717) is 5.02 Å². The van der Waals surface area contributed by atoms with Crippen molar-refractivity contribution >= 4 is 35.2 Å². The summed E-state index contributed by atoms with van der Waals surface area (Å²) in [5, 5.41) is 12.3. The predicted octanol–water partition coefficient (Wildman–Crippen LogP) is 1.65. The number of aliphatic carboxylic acids is 1. The van der Waals surface area contributed by atoms with Gasteiger partial charge in [0, 0.05) is 4.90 Å². The molecule has 2 atom stereocenters. The minimum Gasteiger partial charge on any atom is -0.481 e. The van der Waals surface area contributed by atoms with E-state index in [1.165, 1.54) is 11.8 Å². The van der Waals surface area contributed by atoms with Crippen molar-refractivity contribution in [3.63, 3.8) is 0 Å². The van der Waals surface area contributed by atoms with Gasteiger partial charge >= 0.3 is 5.97 Å². The van der Waals surface area contributed by atoms with Crippen LogP contribution in [0.25, 0.3) is 0 Å². The second kappa shape index (κ2) is 6.97. The van der Waals surface area contributed by atoms with Crippen LogP contribution in [0.15, 0.2) is 29.2 Å². The zero-order valence-electron chi connectivity index (χ0n) is 10.5. The first-order valence-corrected chi connectivity index (χ1v) is 7.41. The van der Waals surface area contributed by atoms with Gasteiger partial charge in [0.1, 0.15) is 5.92 Å². The predicted molar refractivity (Wildman–Crippen MR) is 76.1 cm³/mol. The molecule has 2 rings (SSSR count).